The summed E-state index contributed by atoms with van der Waals surface area (Å²) in [6.45, 7) is 0.0236. The van der Waals surface area contributed by atoms with E-state index in [-0.39, 0.29) is 37.9 Å². The normalized spacial score (nSPS) is 10.2. The number of carbonyl (C=O) groups excluding carboxylic acids is 3. The van der Waals surface area contributed by atoms with Crippen molar-refractivity contribution in [2.75, 3.05) is 45.8 Å². The largest absolute Gasteiger partial charge is 0.497 e. The first-order chi connectivity index (χ1) is 13.5. The van der Waals surface area contributed by atoms with Gasteiger partial charge in [0.25, 0.3) is 5.91 Å². The van der Waals surface area contributed by atoms with Crippen molar-refractivity contribution < 1.29 is 28.3 Å². The Hall–Kier alpha value is -3.33. The fourth-order valence-corrected chi connectivity index (χ4v) is 2.30. The quantitative estimate of drug-likeness (QED) is 0.630. The van der Waals surface area contributed by atoms with Crippen LogP contribution in [0.25, 0.3) is 0 Å². The Morgan fingerprint density at radius 1 is 1.07 bits per heavy atom. The summed E-state index contributed by atoms with van der Waals surface area (Å²) < 4.78 is 15.1. The molecule has 2 N–H and O–H groups in total. The molecule has 3 amide bonds. The number of nitrogens with one attached hydrogen (secondary N) is 2. The predicted molar refractivity (Wildman–Crippen MR) is 101 cm³/mol. The number of carbonyl (C=O) groups is 3. The minimum absolute atomic E-state index is 0.126. The topological polar surface area (TPSA) is 110 Å². The van der Waals surface area contributed by atoms with E-state index in [1.165, 1.54) is 24.3 Å². The number of ether oxygens (including phenoxy) is 2. The van der Waals surface area contributed by atoms with Crippen LogP contribution in [0.3, 0.4) is 0 Å². The molecule has 0 fully saturated rings. The SMILES string of the molecule is COCCN(CC(=O)NCC(=O)Nc1ccc(OC)cc1)C(=O)c1ccco1. The van der Waals surface area contributed by atoms with Gasteiger partial charge in [-0.3, -0.25) is 14.4 Å². The number of methoxy groups -OCH3 is 2. The van der Waals surface area contributed by atoms with E-state index in [2.05, 4.69) is 10.6 Å². The summed E-state index contributed by atoms with van der Waals surface area (Å²) in [5, 5.41) is 5.15. The minimum atomic E-state index is -0.471. The second kappa shape index (κ2) is 10.7. The van der Waals surface area contributed by atoms with Crippen molar-refractivity contribution in [2.45, 2.75) is 0 Å². The van der Waals surface area contributed by atoms with Gasteiger partial charge in [-0.2, -0.15) is 0 Å². The summed E-state index contributed by atoms with van der Waals surface area (Å²) in [7, 11) is 3.05. The fourth-order valence-electron chi connectivity index (χ4n) is 2.30. The Morgan fingerprint density at radius 3 is 2.43 bits per heavy atom. The molecule has 9 heteroatoms. The summed E-state index contributed by atoms with van der Waals surface area (Å²) in [4.78, 5) is 37.8. The van der Waals surface area contributed by atoms with Crippen molar-refractivity contribution in [3.8, 4) is 5.75 Å². The average Bonchev–Trinajstić information content (AvgIpc) is 3.24. The molecule has 0 aliphatic heterocycles. The highest BCUT2D eigenvalue weighted by molar-refractivity contribution is 5.96. The van der Waals surface area contributed by atoms with Gasteiger partial charge in [0.1, 0.15) is 12.3 Å². The lowest BCUT2D eigenvalue weighted by Gasteiger charge is -2.20. The smallest absolute Gasteiger partial charge is 0.290 e. The molecule has 0 bridgehead atoms. The highest BCUT2D eigenvalue weighted by Crippen LogP contribution is 2.14. The van der Waals surface area contributed by atoms with Crippen LogP contribution in [0.2, 0.25) is 0 Å². The van der Waals surface area contributed by atoms with Gasteiger partial charge in [-0.05, 0) is 36.4 Å². The zero-order valence-corrected chi connectivity index (χ0v) is 15.8. The van der Waals surface area contributed by atoms with E-state index in [9.17, 15) is 14.4 Å². The Bertz CT molecular complexity index is 773. The van der Waals surface area contributed by atoms with E-state index in [1.54, 1.807) is 37.4 Å². The lowest BCUT2D eigenvalue weighted by molar-refractivity contribution is -0.124. The van der Waals surface area contributed by atoms with Crippen LogP contribution in [0.5, 0.6) is 5.75 Å². The first-order valence-electron chi connectivity index (χ1n) is 8.55. The van der Waals surface area contributed by atoms with Gasteiger partial charge in [-0.1, -0.05) is 0 Å². The van der Waals surface area contributed by atoms with E-state index in [0.717, 1.165) is 0 Å². The lowest BCUT2D eigenvalue weighted by atomic mass is 10.3. The molecular weight excluding hydrogens is 366 g/mol. The molecule has 0 atom stereocenters. The van der Waals surface area contributed by atoms with E-state index in [0.29, 0.717) is 11.4 Å². The molecule has 1 aromatic carbocycles. The minimum Gasteiger partial charge on any atom is -0.497 e. The first-order valence-corrected chi connectivity index (χ1v) is 8.55. The monoisotopic (exact) mass is 389 g/mol. The molecule has 0 unspecified atom stereocenters. The molecule has 0 aliphatic rings. The van der Waals surface area contributed by atoms with Gasteiger partial charge in [0, 0.05) is 19.3 Å². The molecule has 1 heterocycles. The predicted octanol–water partition coefficient (Wildman–Crippen LogP) is 1.13. The maximum absolute atomic E-state index is 12.4. The van der Waals surface area contributed by atoms with Crippen molar-refractivity contribution in [2.24, 2.45) is 0 Å². The molecule has 28 heavy (non-hydrogen) atoms. The first kappa shape index (κ1) is 21.0. The van der Waals surface area contributed by atoms with Gasteiger partial charge < -0.3 is 29.4 Å². The van der Waals surface area contributed by atoms with Gasteiger partial charge in [-0.25, -0.2) is 0 Å². The summed E-state index contributed by atoms with van der Waals surface area (Å²) in [6.07, 6.45) is 1.38. The van der Waals surface area contributed by atoms with Gasteiger partial charge in [0.2, 0.25) is 11.8 Å². The number of anilines is 1. The Balaban J connectivity index is 1.83. The van der Waals surface area contributed by atoms with E-state index < -0.39 is 11.8 Å². The van der Waals surface area contributed by atoms with E-state index in [1.807, 2.05) is 0 Å². The van der Waals surface area contributed by atoms with Crippen LogP contribution in [-0.4, -0.2) is 63.1 Å². The van der Waals surface area contributed by atoms with Crippen LogP contribution in [0.1, 0.15) is 10.6 Å². The van der Waals surface area contributed by atoms with Crippen LogP contribution in [0, 0.1) is 0 Å². The fraction of sp³-hybridized carbons (Fsp3) is 0.316. The summed E-state index contributed by atoms with van der Waals surface area (Å²) in [6, 6.07) is 9.90. The number of rotatable bonds is 10. The van der Waals surface area contributed by atoms with Crippen molar-refractivity contribution >= 4 is 23.4 Å². The number of hydrogen-bond donors (Lipinski definition) is 2. The maximum atomic E-state index is 12.4. The highest BCUT2D eigenvalue weighted by Gasteiger charge is 2.21. The molecule has 0 saturated heterocycles. The average molecular weight is 389 g/mol. The summed E-state index contributed by atoms with van der Waals surface area (Å²) >= 11 is 0. The van der Waals surface area contributed by atoms with Crippen molar-refractivity contribution in [3.63, 3.8) is 0 Å². The van der Waals surface area contributed by atoms with Crippen LogP contribution in [0.15, 0.2) is 47.1 Å². The molecule has 0 saturated carbocycles. The number of furan rings is 1. The third-order valence-electron chi connectivity index (χ3n) is 3.74. The second-order valence-corrected chi connectivity index (χ2v) is 5.75. The maximum Gasteiger partial charge on any atom is 0.290 e. The van der Waals surface area contributed by atoms with Crippen LogP contribution >= 0.6 is 0 Å². The molecular formula is C19H23N3O6. The van der Waals surface area contributed by atoms with Crippen LogP contribution in [-0.2, 0) is 14.3 Å². The van der Waals surface area contributed by atoms with Crippen molar-refractivity contribution in [3.05, 3.63) is 48.4 Å². The molecule has 9 nitrogen and oxygen atoms in total. The molecule has 150 valence electrons. The van der Waals surface area contributed by atoms with Gasteiger partial charge in [0.15, 0.2) is 5.76 Å². The Labute approximate surface area is 162 Å². The number of benzene rings is 1. The Morgan fingerprint density at radius 2 is 1.82 bits per heavy atom. The standard InChI is InChI=1S/C19H23N3O6/c1-26-11-9-22(19(25)16-4-3-10-28-16)13-18(24)20-12-17(23)21-14-5-7-15(27-2)8-6-14/h3-8,10H,9,11-13H2,1-2H3,(H,20,24)(H,21,23). The molecule has 2 aromatic rings. The molecule has 0 radical (unpaired) electrons. The zero-order valence-electron chi connectivity index (χ0n) is 15.8. The number of hydrogen-bond acceptors (Lipinski definition) is 6. The molecule has 0 spiro atoms. The van der Waals surface area contributed by atoms with E-state index >= 15 is 0 Å². The number of nitrogens with zero attached hydrogens (tertiary/aromatic N) is 1. The van der Waals surface area contributed by atoms with Crippen molar-refractivity contribution in [1.82, 2.24) is 10.2 Å². The van der Waals surface area contributed by atoms with Crippen LogP contribution in [0.4, 0.5) is 5.69 Å². The summed E-state index contributed by atoms with van der Waals surface area (Å²) in [5.74, 6) is -0.495. The van der Waals surface area contributed by atoms with E-state index in [4.69, 9.17) is 13.9 Å². The number of amides is 3. The third-order valence-corrected chi connectivity index (χ3v) is 3.74. The highest BCUT2D eigenvalue weighted by atomic mass is 16.5. The van der Waals surface area contributed by atoms with Gasteiger partial charge >= 0.3 is 0 Å². The lowest BCUT2D eigenvalue weighted by Crippen LogP contribution is -2.44. The van der Waals surface area contributed by atoms with Crippen LogP contribution < -0.4 is 15.4 Å². The zero-order chi connectivity index (χ0) is 20.4. The van der Waals surface area contributed by atoms with Gasteiger partial charge in [0.05, 0.1) is 26.5 Å². The molecule has 0 aliphatic carbocycles. The third kappa shape index (κ3) is 6.44. The molecule has 2 rings (SSSR count). The van der Waals surface area contributed by atoms with Gasteiger partial charge in [-0.15, -0.1) is 0 Å². The van der Waals surface area contributed by atoms with Crippen molar-refractivity contribution in [1.29, 1.82) is 0 Å². The second-order valence-electron chi connectivity index (χ2n) is 5.75. The molecule has 1 aromatic heterocycles. The Kier molecular flexibility index (Phi) is 8.04. The summed E-state index contributed by atoms with van der Waals surface area (Å²) in [5.41, 5.74) is 0.578.